The molecule has 0 aromatic rings. The smallest absolute Gasteiger partial charge is 0.248 e. The van der Waals surface area contributed by atoms with E-state index in [1.165, 1.54) is 6.42 Å². The molecule has 0 saturated carbocycles. The molecule has 1 amide bonds. The van der Waals surface area contributed by atoms with Crippen molar-refractivity contribution >= 4 is 18.3 Å². The summed E-state index contributed by atoms with van der Waals surface area (Å²) in [5.74, 6) is 0.133. The monoisotopic (exact) mass is 304 g/mol. The van der Waals surface area contributed by atoms with Crippen molar-refractivity contribution in [2.45, 2.75) is 50.4 Å². The number of carbonyl (C=O) groups is 1. The van der Waals surface area contributed by atoms with Crippen molar-refractivity contribution in [3.05, 3.63) is 0 Å². The molecule has 3 fully saturated rings. The molecular formula is C14H25ClN2O3. The first kappa shape index (κ1) is 16.0. The topological polar surface area (TPSA) is 50.8 Å². The molecule has 0 unspecified atom stereocenters. The number of amides is 1. The van der Waals surface area contributed by atoms with Crippen molar-refractivity contribution in [3.63, 3.8) is 0 Å². The Hall–Kier alpha value is -0.360. The predicted octanol–water partition coefficient (Wildman–Crippen LogP) is 0.957. The van der Waals surface area contributed by atoms with Crippen LogP contribution < -0.4 is 5.32 Å². The molecule has 116 valence electrons. The SMILES string of the molecule is Cl.O=C(COC[C@H]1CC[C@H]2NCC[C@H]2O1)N1CCCC1. The van der Waals surface area contributed by atoms with E-state index in [0.717, 1.165) is 45.3 Å². The van der Waals surface area contributed by atoms with Gasteiger partial charge < -0.3 is 19.7 Å². The summed E-state index contributed by atoms with van der Waals surface area (Å²) in [6.07, 6.45) is 6.10. The normalized spacial score (nSPS) is 32.8. The van der Waals surface area contributed by atoms with Crippen LogP contribution in [0, 0.1) is 0 Å². The van der Waals surface area contributed by atoms with Gasteiger partial charge in [-0.2, -0.15) is 0 Å². The lowest BCUT2D eigenvalue weighted by molar-refractivity contribution is -0.138. The highest BCUT2D eigenvalue weighted by atomic mass is 35.5. The van der Waals surface area contributed by atoms with Crippen molar-refractivity contribution in [3.8, 4) is 0 Å². The molecule has 6 heteroatoms. The number of ether oxygens (including phenoxy) is 2. The van der Waals surface area contributed by atoms with Crippen LogP contribution in [0.5, 0.6) is 0 Å². The van der Waals surface area contributed by atoms with Gasteiger partial charge >= 0.3 is 0 Å². The summed E-state index contributed by atoms with van der Waals surface area (Å²) >= 11 is 0. The first-order valence-electron chi connectivity index (χ1n) is 7.57. The first-order valence-corrected chi connectivity index (χ1v) is 7.57. The minimum Gasteiger partial charge on any atom is -0.371 e. The van der Waals surface area contributed by atoms with Crippen molar-refractivity contribution in [2.24, 2.45) is 0 Å². The number of halogens is 1. The summed E-state index contributed by atoms with van der Waals surface area (Å²) in [6, 6.07) is 0.544. The molecule has 3 aliphatic rings. The number of fused-ring (bicyclic) bond motifs is 1. The third kappa shape index (κ3) is 3.85. The van der Waals surface area contributed by atoms with Crippen LogP contribution in [0.15, 0.2) is 0 Å². The fourth-order valence-electron chi connectivity index (χ4n) is 3.33. The van der Waals surface area contributed by atoms with Crippen LogP contribution in [-0.2, 0) is 14.3 Å². The van der Waals surface area contributed by atoms with Crippen LogP contribution in [0.3, 0.4) is 0 Å². The van der Waals surface area contributed by atoms with Crippen molar-refractivity contribution in [2.75, 3.05) is 32.8 Å². The van der Waals surface area contributed by atoms with Crippen molar-refractivity contribution < 1.29 is 14.3 Å². The molecule has 0 radical (unpaired) electrons. The summed E-state index contributed by atoms with van der Waals surface area (Å²) in [7, 11) is 0. The maximum absolute atomic E-state index is 11.8. The lowest BCUT2D eigenvalue weighted by atomic mass is 10.0. The van der Waals surface area contributed by atoms with E-state index in [9.17, 15) is 4.79 Å². The molecule has 0 aromatic heterocycles. The maximum Gasteiger partial charge on any atom is 0.248 e. The number of hydrogen-bond donors (Lipinski definition) is 1. The van der Waals surface area contributed by atoms with Gasteiger partial charge in [0.15, 0.2) is 0 Å². The second-order valence-electron chi connectivity index (χ2n) is 5.83. The molecule has 3 aliphatic heterocycles. The first-order chi connectivity index (χ1) is 9.33. The zero-order valence-electron chi connectivity index (χ0n) is 11.9. The van der Waals surface area contributed by atoms with Crippen LogP contribution in [-0.4, -0.2) is 61.9 Å². The van der Waals surface area contributed by atoms with Crippen LogP contribution in [0.2, 0.25) is 0 Å². The standard InChI is InChI=1S/C14H24N2O3.ClH/c17-14(16-7-1-2-8-16)10-18-9-11-3-4-12-13(19-11)5-6-15-12;/h11-13,15H,1-10H2;1H/t11-,12-,13-;/m1./s1. The van der Waals surface area contributed by atoms with Gasteiger partial charge in [-0.3, -0.25) is 4.79 Å². The second kappa shape index (κ2) is 7.59. The van der Waals surface area contributed by atoms with E-state index >= 15 is 0 Å². The Morgan fingerprint density at radius 2 is 2.05 bits per heavy atom. The Morgan fingerprint density at radius 3 is 2.85 bits per heavy atom. The van der Waals surface area contributed by atoms with Crippen LogP contribution >= 0.6 is 12.4 Å². The lowest BCUT2D eigenvalue weighted by Gasteiger charge is -2.32. The van der Waals surface area contributed by atoms with E-state index < -0.39 is 0 Å². The molecule has 5 nitrogen and oxygen atoms in total. The molecular weight excluding hydrogens is 280 g/mol. The van der Waals surface area contributed by atoms with Gasteiger partial charge in [0.25, 0.3) is 0 Å². The van der Waals surface area contributed by atoms with Gasteiger partial charge in [-0.15, -0.1) is 12.4 Å². The number of rotatable bonds is 4. The Labute approximate surface area is 126 Å². The number of hydrogen-bond acceptors (Lipinski definition) is 4. The Bertz CT molecular complexity index is 324. The molecule has 0 spiro atoms. The third-order valence-electron chi connectivity index (χ3n) is 4.44. The zero-order valence-corrected chi connectivity index (χ0v) is 12.7. The van der Waals surface area contributed by atoms with Gasteiger partial charge in [0, 0.05) is 19.1 Å². The molecule has 3 atom stereocenters. The fraction of sp³-hybridized carbons (Fsp3) is 0.929. The van der Waals surface area contributed by atoms with Crippen LogP contribution in [0.4, 0.5) is 0 Å². The molecule has 3 rings (SSSR count). The quantitative estimate of drug-likeness (QED) is 0.840. The third-order valence-corrected chi connectivity index (χ3v) is 4.44. The summed E-state index contributed by atoms with van der Waals surface area (Å²) < 4.78 is 11.6. The molecule has 1 N–H and O–H groups in total. The highest BCUT2D eigenvalue weighted by Crippen LogP contribution is 2.25. The van der Waals surface area contributed by atoms with E-state index in [-0.39, 0.29) is 31.0 Å². The summed E-state index contributed by atoms with van der Waals surface area (Å²) in [5, 5.41) is 3.46. The molecule has 3 heterocycles. The fourth-order valence-corrected chi connectivity index (χ4v) is 3.33. The van der Waals surface area contributed by atoms with Crippen molar-refractivity contribution in [1.29, 1.82) is 0 Å². The maximum atomic E-state index is 11.8. The van der Waals surface area contributed by atoms with E-state index in [0.29, 0.717) is 18.8 Å². The van der Waals surface area contributed by atoms with Crippen LogP contribution in [0.1, 0.15) is 32.1 Å². The van der Waals surface area contributed by atoms with Gasteiger partial charge in [0.05, 0.1) is 18.8 Å². The summed E-state index contributed by atoms with van der Waals surface area (Å²) in [6.45, 7) is 3.64. The van der Waals surface area contributed by atoms with Gasteiger partial charge in [0.2, 0.25) is 5.91 Å². The minimum atomic E-state index is 0. The van der Waals surface area contributed by atoms with Crippen molar-refractivity contribution in [1.82, 2.24) is 10.2 Å². The van der Waals surface area contributed by atoms with Gasteiger partial charge in [0.1, 0.15) is 6.61 Å². The summed E-state index contributed by atoms with van der Waals surface area (Å²) in [4.78, 5) is 13.7. The molecule has 20 heavy (non-hydrogen) atoms. The van der Waals surface area contributed by atoms with Gasteiger partial charge in [-0.1, -0.05) is 0 Å². The number of nitrogens with zero attached hydrogens (tertiary/aromatic N) is 1. The zero-order chi connectivity index (χ0) is 13.1. The number of carbonyl (C=O) groups excluding carboxylic acids is 1. The highest BCUT2D eigenvalue weighted by Gasteiger charge is 2.34. The lowest BCUT2D eigenvalue weighted by Crippen LogP contribution is -2.42. The molecule has 0 aromatic carbocycles. The second-order valence-corrected chi connectivity index (χ2v) is 5.83. The average Bonchev–Trinajstić information content (AvgIpc) is 3.09. The average molecular weight is 305 g/mol. The Morgan fingerprint density at radius 1 is 1.25 bits per heavy atom. The number of nitrogens with one attached hydrogen (secondary N) is 1. The Kier molecular flexibility index (Phi) is 6.08. The molecule has 0 aliphatic carbocycles. The van der Waals surface area contributed by atoms with Gasteiger partial charge in [-0.25, -0.2) is 0 Å². The van der Waals surface area contributed by atoms with E-state index in [1.54, 1.807) is 0 Å². The van der Waals surface area contributed by atoms with E-state index in [4.69, 9.17) is 9.47 Å². The molecule has 3 saturated heterocycles. The van der Waals surface area contributed by atoms with Crippen LogP contribution in [0.25, 0.3) is 0 Å². The Balaban J connectivity index is 0.00000147. The van der Waals surface area contributed by atoms with E-state index in [2.05, 4.69) is 5.32 Å². The molecule has 0 bridgehead atoms. The summed E-state index contributed by atoms with van der Waals surface area (Å²) in [5.41, 5.74) is 0. The van der Waals surface area contributed by atoms with E-state index in [1.807, 2.05) is 4.90 Å². The van der Waals surface area contributed by atoms with Gasteiger partial charge in [-0.05, 0) is 38.6 Å². The predicted molar refractivity (Wildman–Crippen MR) is 78.2 cm³/mol. The minimum absolute atomic E-state index is 0. The largest absolute Gasteiger partial charge is 0.371 e. The number of likely N-dealkylation sites (tertiary alicyclic amines) is 1. The highest BCUT2D eigenvalue weighted by molar-refractivity contribution is 5.85.